The van der Waals surface area contributed by atoms with Gasteiger partial charge in [0, 0.05) is 19.0 Å². The third kappa shape index (κ3) is 2.94. The number of hydrogen-bond donors (Lipinski definition) is 0. The van der Waals surface area contributed by atoms with E-state index >= 15 is 0 Å². The highest BCUT2D eigenvalue weighted by atomic mass is 19.1. The second-order valence-corrected chi connectivity index (χ2v) is 6.48. The van der Waals surface area contributed by atoms with Gasteiger partial charge in [0.25, 0.3) is 0 Å². The largest absolute Gasteiger partial charge is 0.441 e. The highest BCUT2D eigenvalue weighted by Crippen LogP contribution is 2.30. The predicted octanol–water partition coefficient (Wildman–Crippen LogP) is 4.52. The smallest absolute Gasteiger partial charge is 0.195 e. The third-order valence-electron chi connectivity index (χ3n) is 4.95. The minimum atomic E-state index is -0.145. The van der Waals surface area contributed by atoms with Gasteiger partial charge < -0.3 is 4.42 Å². The van der Waals surface area contributed by atoms with Crippen LogP contribution in [0.4, 0.5) is 4.39 Å². The molecule has 1 atom stereocenters. The van der Waals surface area contributed by atoms with Gasteiger partial charge in [0.1, 0.15) is 11.3 Å². The first-order valence-electron chi connectivity index (χ1n) is 8.57. The maximum Gasteiger partial charge on any atom is 0.195 e. The molecule has 0 aliphatic carbocycles. The maximum atomic E-state index is 13.5. The van der Waals surface area contributed by atoms with Crippen molar-refractivity contribution in [3.05, 3.63) is 65.3 Å². The summed E-state index contributed by atoms with van der Waals surface area (Å²) in [6.45, 7) is 4.15. The van der Waals surface area contributed by atoms with Gasteiger partial charge in [0.15, 0.2) is 11.5 Å². The fourth-order valence-corrected chi connectivity index (χ4v) is 3.60. The van der Waals surface area contributed by atoms with E-state index in [1.165, 1.54) is 5.56 Å². The summed E-state index contributed by atoms with van der Waals surface area (Å²) in [4.78, 5) is 6.95. The number of rotatable bonds is 4. The van der Waals surface area contributed by atoms with Crippen molar-refractivity contribution in [2.45, 2.75) is 32.2 Å². The van der Waals surface area contributed by atoms with Crippen LogP contribution >= 0.6 is 0 Å². The average molecular weight is 324 g/mol. The van der Waals surface area contributed by atoms with Gasteiger partial charge in [-0.05, 0) is 61.7 Å². The molecule has 0 spiro atoms. The Kier molecular flexibility index (Phi) is 4.07. The van der Waals surface area contributed by atoms with Crippen molar-refractivity contribution in [3.8, 4) is 0 Å². The number of para-hydroxylation sites is 2. The SMILES string of the molecule is CC1c2cc(F)ccc2CCN1CCCc1nc2ccccc2o1. The normalized spacial score (nSPS) is 18.0. The monoisotopic (exact) mass is 324 g/mol. The summed E-state index contributed by atoms with van der Waals surface area (Å²) in [5.74, 6) is 0.654. The van der Waals surface area contributed by atoms with E-state index in [1.54, 1.807) is 12.1 Å². The van der Waals surface area contributed by atoms with Gasteiger partial charge >= 0.3 is 0 Å². The molecule has 3 aromatic rings. The highest BCUT2D eigenvalue weighted by Gasteiger charge is 2.23. The first kappa shape index (κ1) is 15.3. The molecule has 4 heteroatoms. The van der Waals surface area contributed by atoms with Crippen LogP contribution in [0.25, 0.3) is 11.1 Å². The Hall–Kier alpha value is -2.20. The van der Waals surface area contributed by atoms with Gasteiger partial charge in [-0.1, -0.05) is 18.2 Å². The van der Waals surface area contributed by atoms with Crippen molar-refractivity contribution in [1.82, 2.24) is 9.88 Å². The van der Waals surface area contributed by atoms with Crippen LogP contribution < -0.4 is 0 Å². The van der Waals surface area contributed by atoms with Gasteiger partial charge in [-0.15, -0.1) is 0 Å². The minimum Gasteiger partial charge on any atom is -0.441 e. The van der Waals surface area contributed by atoms with E-state index in [4.69, 9.17) is 4.42 Å². The fourth-order valence-electron chi connectivity index (χ4n) is 3.60. The van der Waals surface area contributed by atoms with E-state index in [-0.39, 0.29) is 11.9 Å². The molecule has 24 heavy (non-hydrogen) atoms. The topological polar surface area (TPSA) is 29.3 Å². The van der Waals surface area contributed by atoms with Gasteiger partial charge in [0.05, 0.1) is 0 Å². The summed E-state index contributed by atoms with van der Waals surface area (Å²) in [7, 11) is 0. The summed E-state index contributed by atoms with van der Waals surface area (Å²) in [6.07, 6.45) is 2.80. The number of nitrogens with zero attached hydrogens (tertiary/aromatic N) is 2. The Morgan fingerprint density at radius 1 is 1.25 bits per heavy atom. The van der Waals surface area contributed by atoms with Gasteiger partial charge in [-0.25, -0.2) is 9.37 Å². The molecule has 1 aliphatic rings. The van der Waals surface area contributed by atoms with Crippen LogP contribution in [-0.4, -0.2) is 23.0 Å². The molecule has 0 radical (unpaired) electrons. The van der Waals surface area contributed by atoms with Crippen molar-refractivity contribution in [2.75, 3.05) is 13.1 Å². The fraction of sp³-hybridized carbons (Fsp3) is 0.350. The molecule has 2 heterocycles. The number of oxazole rings is 1. The molecular formula is C20H21FN2O. The molecule has 1 aromatic heterocycles. The molecule has 2 aromatic carbocycles. The molecule has 4 rings (SSSR count). The lowest BCUT2D eigenvalue weighted by molar-refractivity contribution is 0.194. The van der Waals surface area contributed by atoms with Crippen LogP contribution in [0.1, 0.15) is 36.4 Å². The Labute approximate surface area is 141 Å². The van der Waals surface area contributed by atoms with E-state index in [2.05, 4.69) is 16.8 Å². The third-order valence-corrected chi connectivity index (χ3v) is 4.95. The van der Waals surface area contributed by atoms with Crippen molar-refractivity contribution in [1.29, 1.82) is 0 Å². The zero-order valence-corrected chi connectivity index (χ0v) is 13.8. The molecule has 0 bridgehead atoms. The Morgan fingerprint density at radius 3 is 3.00 bits per heavy atom. The van der Waals surface area contributed by atoms with Crippen LogP contribution in [0.3, 0.4) is 0 Å². The maximum absolute atomic E-state index is 13.5. The molecule has 0 amide bonds. The highest BCUT2D eigenvalue weighted by molar-refractivity contribution is 5.72. The molecule has 1 unspecified atom stereocenters. The zero-order valence-electron chi connectivity index (χ0n) is 13.8. The molecule has 0 fully saturated rings. The second-order valence-electron chi connectivity index (χ2n) is 6.48. The van der Waals surface area contributed by atoms with E-state index in [1.807, 2.05) is 30.3 Å². The van der Waals surface area contributed by atoms with Crippen LogP contribution in [-0.2, 0) is 12.8 Å². The first-order valence-corrected chi connectivity index (χ1v) is 8.57. The van der Waals surface area contributed by atoms with Crippen molar-refractivity contribution in [2.24, 2.45) is 0 Å². The summed E-state index contributed by atoms with van der Waals surface area (Å²) < 4.78 is 19.3. The Morgan fingerprint density at radius 2 is 2.12 bits per heavy atom. The second kappa shape index (κ2) is 6.36. The average Bonchev–Trinajstić information content (AvgIpc) is 3.00. The predicted molar refractivity (Wildman–Crippen MR) is 92.4 cm³/mol. The van der Waals surface area contributed by atoms with E-state index < -0.39 is 0 Å². The van der Waals surface area contributed by atoms with Crippen molar-refractivity contribution >= 4 is 11.1 Å². The number of benzene rings is 2. The van der Waals surface area contributed by atoms with Crippen LogP contribution in [0.15, 0.2) is 46.9 Å². The quantitative estimate of drug-likeness (QED) is 0.706. The molecule has 1 aliphatic heterocycles. The van der Waals surface area contributed by atoms with Gasteiger partial charge in [0.2, 0.25) is 0 Å². The lowest BCUT2D eigenvalue weighted by Gasteiger charge is -2.35. The standard InChI is InChI=1S/C20H21FN2O/c1-14-17-13-16(21)9-8-15(17)10-12-23(14)11-4-7-20-22-18-5-2-3-6-19(18)24-20/h2-3,5-6,8-9,13-14H,4,7,10-12H2,1H3. The molecule has 0 N–H and O–H groups in total. The van der Waals surface area contributed by atoms with Crippen molar-refractivity contribution in [3.63, 3.8) is 0 Å². The van der Waals surface area contributed by atoms with E-state index in [9.17, 15) is 4.39 Å². The first-order chi connectivity index (χ1) is 11.7. The van der Waals surface area contributed by atoms with Crippen molar-refractivity contribution < 1.29 is 8.81 Å². The van der Waals surface area contributed by atoms with Crippen LogP contribution in [0, 0.1) is 5.82 Å². The summed E-state index contributed by atoms with van der Waals surface area (Å²) in [5.41, 5.74) is 4.17. The minimum absolute atomic E-state index is 0.145. The molecular weight excluding hydrogens is 303 g/mol. The molecule has 0 saturated heterocycles. The number of fused-ring (bicyclic) bond motifs is 2. The summed E-state index contributed by atoms with van der Waals surface area (Å²) in [5, 5.41) is 0. The molecule has 124 valence electrons. The number of aromatic nitrogens is 1. The van der Waals surface area contributed by atoms with Crippen LogP contribution in [0.2, 0.25) is 0 Å². The number of halogens is 1. The number of hydrogen-bond acceptors (Lipinski definition) is 3. The lowest BCUT2D eigenvalue weighted by Crippen LogP contribution is -2.35. The molecule has 0 saturated carbocycles. The van der Waals surface area contributed by atoms with E-state index in [0.717, 1.165) is 54.9 Å². The Bertz CT molecular complexity index is 825. The molecule has 3 nitrogen and oxygen atoms in total. The lowest BCUT2D eigenvalue weighted by atomic mass is 9.93. The van der Waals surface area contributed by atoms with Gasteiger partial charge in [-0.3, -0.25) is 4.90 Å². The van der Waals surface area contributed by atoms with E-state index in [0.29, 0.717) is 0 Å². The summed E-state index contributed by atoms with van der Waals surface area (Å²) >= 11 is 0. The summed E-state index contributed by atoms with van der Waals surface area (Å²) in [6, 6.07) is 13.3. The van der Waals surface area contributed by atoms with Gasteiger partial charge in [-0.2, -0.15) is 0 Å². The Balaban J connectivity index is 1.39. The zero-order chi connectivity index (χ0) is 16.5. The van der Waals surface area contributed by atoms with Crippen LogP contribution in [0.5, 0.6) is 0 Å². The number of aryl methyl sites for hydroxylation is 1.